The highest BCUT2D eigenvalue weighted by Gasteiger charge is 2.55. The third kappa shape index (κ3) is 2.65. The van der Waals surface area contributed by atoms with Crippen molar-refractivity contribution in [2.45, 2.75) is 21.5 Å². The minimum absolute atomic E-state index is 0.365. The van der Waals surface area contributed by atoms with Crippen LogP contribution in [0.5, 0.6) is 0 Å². The molecule has 2 aliphatic rings. The van der Waals surface area contributed by atoms with Gasteiger partial charge in [-0.3, -0.25) is 9.69 Å². The third-order valence-electron chi connectivity index (χ3n) is 4.16. The van der Waals surface area contributed by atoms with E-state index in [1.54, 1.807) is 24.3 Å². The molecule has 1 fully saturated rings. The van der Waals surface area contributed by atoms with E-state index in [0.717, 1.165) is 0 Å². The van der Waals surface area contributed by atoms with Crippen molar-refractivity contribution in [3.8, 4) is 0 Å². The van der Waals surface area contributed by atoms with Crippen molar-refractivity contribution >= 4 is 52.5 Å². The summed E-state index contributed by atoms with van der Waals surface area (Å²) < 4.78 is -0.603. The fourth-order valence-electron chi connectivity index (χ4n) is 2.97. The molecule has 0 saturated carbocycles. The van der Waals surface area contributed by atoms with E-state index in [0.29, 0.717) is 30.1 Å². The van der Waals surface area contributed by atoms with Gasteiger partial charge in [-0.2, -0.15) is 0 Å². The topological polar surface area (TPSA) is 40.5 Å². The van der Waals surface area contributed by atoms with Crippen LogP contribution < -0.4 is 0 Å². The lowest BCUT2D eigenvalue weighted by molar-refractivity contribution is -0.144. The van der Waals surface area contributed by atoms with Gasteiger partial charge in [0.1, 0.15) is 15.1 Å². The maximum absolute atomic E-state index is 11.8. The van der Waals surface area contributed by atoms with Crippen molar-refractivity contribution in [3.63, 3.8) is 0 Å². The van der Waals surface area contributed by atoms with Crippen LogP contribution in [0.1, 0.15) is 18.0 Å². The fraction of sp³-hybridized carbons (Fsp3) is 0.400. The number of carboxylic acid groups (broad SMARTS) is 1. The van der Waals surface area contributed by atoms with Gasteiger partial charge in [0.05, 0.1) is 0 Å². The number of carbonyl (C=O) groups is 1. The third-order valence-corrected chi connectivity index (χ3v) is 7.29. The lowest BCUT2D eigenvalue weighted by Crippen LogP contribution is -2.56. The number of nitrogens with zero attached hydrogens (tertiary/aromatic N) is 1. The molecule has 0 amide bonds. The van der Waals surface area contributed by atoms with Crippen molar-refractivity contribution in [2.24, 2.45) is 0 Å². The predicted octanol–water partition coefficient (Wildman–Crippen LogP) is 4.34. The van der Waals surface area contributed by atoms with Gasteiger partial charge in [-0.05, 0) is 23.5 Å². The van der Waals surface area contributed by atoms with E-state index in [4.69, 9.17) is 34.8 Å². The Morgan fingerprint density at radius 2 is 2.09 bits per heavy atom. The quantitative estimate of drug-likeness (QED) is 0.794. The van der Waals surface area contributed by atoms with E-state index in [1.165, 1.54) is 11.8 Å². The van der Waals surface area contributed by atoms with Gasteiger partial charge >= 0.3 is 5.97 Å². The second-order valence-corrected chi connectivity index (χ2v) is 8.65. The van der Waals surface area contributed by atoms with Crippen molar-refractivity contribution in [1.29, 1.82) is 0 Å². The number of hydrogen-bond donors (Lipinski definition) is 1. The number of piperidine rings is 1. The fourth-order valence-corrected chi connectivity index (χ4v) is 5.15. The summed E-state index contributed by atoms with van der Waals surface area (Å²) in [5.74, 6) is -0.940. The molecule has 2 heterocycles. The summed E-state index contributed by atoms with van der Waals surface area (Å²) in [6.45, 7) is 0.915. The Kier molecular flexibility index (Phi) is 4.43. The highest BCUT2D eigenvalue weighted by Crippen LogP contribution is 2.56. The number of thioether (sulfide) groups is 1. The first-order valence-electron chi connectivity index (χ1n) is 6.81. The molecule has 2 aliphatic heterocycles. The summed E-state index contributed by atoms with van der Waals surface area (Å²) in [6.07, 6.45) is 2.47. The van der Waals surface area contributed by atoms with Gasteiger partial charge in [0.25, 0.3) is 0 Å². The van der Waals surface area contributed by atoms with Gasteiger partial charge in [0, 0.05) is 18.1 Å². The SMILES string of the molecule is O=C(O)[C@H](c1ccccc1Cl)N1CCC2(Cl)SC=CC2(Cl)C1. The molecule has 3 nitrogen and oxygen atoms in total. The number of halogens is 3. The highest BCUT2D eigenvalue weighted by molar-refractivity contribution is 8.05. The molecule has 3 rings (SSSR count). The smallest absolute Gasteiger partial charge is 0.325 e. The first-order valence-corrected chi connectivity index (χ1v) is 8.82. The Labute approximate surface area is 148 Å². The van der Waals surface area contributed by atoms with Crippen molar-refractivity contribution < 1.29 is 9.90 Å². The molecule has 3 atom stereocenters. The molecule has 118 valence electrons. The molecule has 1 aromatic rings. The molecule has 0 radical (unpaired) electrons. The molecule has 0 aromatic heterocycles. The van der Waals surface area contributed by atoms with Gasteiger partial charge in [0.15, 0.2) is 0 Å². The molecule has 1 N–H and O–H groups in total. The standard InChI is InChI=1S/C15H14Cl3NO2S/c16-11-4-2-1-3-10(11)12(13(20)21)19-7-5-15(18)14(17,9-19)6-8-22-15/h1-4,6,8,12H,5,7,9H2,(H,20,21)/t12-,14?,15?/m0/s1. The molecule has 1 aromatic carbocycles. The number of likely N-dealkylation sites (tertiary alicyclic amines) is 1. The van der Waals surface area contributed by atoms with Crippen LogP contribution in [0.4, 0.5) is 0 Å². The monoisotopic (exact) mass is 377 g/mol. The number of fused-ring (bicyclic) bond motifs is 1. The first-order chi connectivity index (χ1) is 10.4. The molecule has 0 spiro atoms. The first kappa shape index (κ1) is 16.5. The van der Waals surface area contributed by atoms with Crippen LogP contribution in [0.25, 0.3) is 0 Å². The summed E-state index contributed by atoms with van der Waals surface area (Å²) in [5, 5.41) is 12.0. The summed E-state index contributed by atoms with van der Waals surface area (Å²) in [6, 6.07) is 6.18. The van der Waals surface area contributed by atoms with Crippen molar-refractivity contribution in [3.05, 3.63) is 46.3 Å². The Hall–Kier alpha value is -0.390. The minimum atomic E-state index is -0.940. The number of benzene rings is 1. The highest BCUT2D eigenvalue weighted by atomic mass is 35.5. The van der Waals surface area contributed by atoms with Crippen molar-refractivity contribution in [1.82, 2.24) is 4.90 Å². The molecule has 2 unspecified atom stereocenters. The zero-order valence-electron chi connectivity index (χ0n) is 11.5. The Balaban J connectivity index is 1.93. The van der Waals surface area contributed by atoms with Crippen LogP contribution in [-0.4, -0.2) is 38.1 Å². The van der Waals surface area contributed by atoms with Crippen LogP contribution in [0.2, 0.25) is 5.02 Å². The van der Waals surface area contributed by atoms with Gasteiger partial charge in [-0.25, -0.2) is 0 Å². The van der Waals surface area contributed by atoms with Crippen LogP contribution in [0, 0.1) is 0 Å². The van der Waals surface area contributed by atoms with E-state index in [-0.39, 0.29) is 0 Å². The van der Waals surface area contributed by atoms with Gasteiger partial charge in [-0.15, -0.1) is 35.0 Å². The lowest BCUT2D eigenvalue weighted by Gasteiger charge is -2.46. The molecule has 7 heteroatoms. The second kappa shape index (κ2) is 5.91. The molecular formula is C15H14Cl3NO2S. The Morgan fingerprint density at radius 1 is 1.36 bits per heavy atom. The lowest BCUT2D eigenvalue weighted by atomic mass is 9.93. The predicted molar refractivity (Wildman–Crippen MR) is 91.9 cm³/mol. The number of carboxylic acids is 1. The number of hydrogen-bond acceptors (Lipinski definition) is 3. The Morgan fingerprint density at radius 3 is 2.77 bits per heavy atom. The summed E-state index contributed by atoms with van der Waals surface area (Å²) in [7, 11) is 0. The van der Waals surface area contributed by atoms with Crippen LogP contribution in [0.15, 0.2) is 35.7 Å². The molecular weight excluding hydrogens is 365 g/mol. The van der Waals surface area contributed by atoms with Crippen LogP contribution in [-0.2, 0) is 4.79 Å². The van der Waals surface area contributed by atoms with E-state index < -0.39 is 21.1 Å². The summed E-state index contributed by atoms with van der Waals surface area (Å²) >= 11 is 21.0. The number of rotatable bonds is 3. The van der Waals surface area contributed by atoms with Gasteiger partial charge < -0.3 is 5.11 Å². The van der Waals surface area contributed by atoms with Crippen LogP contribution >= 0.6 is 46.6 Å². The largest absolute Gasteiger partial charge is 0.480 e. The number of aliphatic carboxylic acids is 1. The number of alkyl halides is 2. The Bertz CT molecular complexity index is 641. The van der Waals surface area contributed by atoms with E-state index in [9.17, 15) is 9.90 Å². The molecule has 0 aliphatic carbocycles. The molecule has 0 bridgehead atoms. The van der Waals surface area contributed by atoms with E-state index in [1.807, 2.05) is 16.4 Å². The van der Waals surface area contributed by atoms with Gasteiger partial charge in [-0.1, -0.05) is 35.9 Å². The second-order valence-electron chi connectivity index (χ2n) is 5.49. The zero-order chi connectivity index (χ0) is 16.0. The minimum Gasteiger partial charge on any atom is -0.480 e. The zero-order valence-corrected chi connectivity index (χ0v) is 14.6. The summed E-state index contributed by atoms with van der Waals surface area (Å²) in [5.41, 5.74) is 0.577. The van der Waals surface area contributed by atoms with Crippen molar-refractivity contribution in [2.75, 3.05) is 13.1 Å². The maximum atomic E-state index is 11.8. The summed E-state index contributed by atoms with van der Waals surface area (Å²) in [4.78, 5) is 12.9. The average molecular weight is 379 g/mol. The normalized spacial score (nSPS) is 32.7. The van der Waals surface area contributed by atoms with E-state index >= 15 is 0 Å². The molecule has 22 heavy (non-hydrogen) atoms. The van der Waals surface area contributed by atoms with E-state index in [2.05, 4.69) is 0 Å². The van der Waals surface area contributed by atoms with Crippen LogP contribution in [0.3, 0.4) is 0 Å². The average Bonchev–Trinajstić information content (AvgIpc) is 2.76. The van der Waals surface area contributed by atoms with Gasteiger partial charge in [0.2, 0.25) is 0 Å². The maximum Gasteiger partial charge on any atom is 0.325 e. The molecule has 1 saturated heterocycles.